The zero-order valence-corrected chi connectivity index (χ0v) is 12.3. The number of hydrogen-bond acceptors (Lipinski definition) is 4. The predicted molar refractivity (Wildman–Crippen MR) is 84.0 cm³/mol. The second-order valence-corrected chi connectivity index (χ2v) is 5.35. The Labute approximate surface area is 124 Å². The van der Waals surface area contributed by atoms with Crippen molar-refractivity contribution in [2.75, 3.05) is 24.6 Å². The minimum absolute atomic E-state index is 0.339. The highest BCUT2D eigenvalue weighted by atomic mass is 16.5. The standard InChI is InChI=1S/C17H20N2O2/c1-2-21-15-7-9-19(10-8-15)17-14(12-20)11-13-5-3-4-6-16(13)18-17/h3-6,11-12,15H,2,7-10H2,1H3. The van der Waals surface area contributed by atoms with Crippen molar-refractivity contribution in [1.82, 2.24) is 4.98 Å². The van der Waals surface area contributed by atoms with Crippen LogP contribution in [0.5, 0.6) is 0 Å². The largest absolute Gasteiger partial charge is 0.378 e. The molecule has 0 spiro atoms. The molecule has 1 aromatic heterocycles. The van der Waals surface area contributed by atoms with Crippen LogP contribution in [0, 0.1) is 0 Å². The van der Waals surface area contributed by atoms with Gasteiger partial charge in [0.1, 0.15) is 5.82 Å². The molecule has 2 aromatic rings. The molecule has 0 bridgehead atoms. The quantitative estimate of drug-likeness (QED) is 0.809. The Morgan fingerprint density at radius 2 is 2.10 bits per heavy atom. The number of rotatable bonds is 4. The fourth-order valence-corrected chi connectivity index (χ4v) is 2.93. The average Bonchev–Trinajstić information content (AvgIpc) is 2.54. The molecule has 110 valence electrons. The number of carbonyl (C=O) groups is 1. The molecule has 0 N–H and O–H groups in total. The summed E-state index contributed by atoms with van der Waals surface area (Å²) < 4.78 is 5.68. The van der Waals surface area contributed by atoms with Crippen molar-refractivity contribution < 1.29 is 9.53 Å². The Morgan fingerprint density at radius 3 is 2.81 bits per heavy atom. The van der Waals surface area contributed by atoms with E-state index in [0.29, 0.717) is 11.7 Å². The van der Waals surface area contributed by atoms with Gasteiger partial charge in [-0.15, -0.1) is 0 Å². The number of fused-ring (bicyclic) bond motifs is 1. The van der Waals surface area contributed by atoms with E-state index in [-0.39, 0.29) is 0 Å². The van der Waals surface area contributed by atoms with E-state index in [2.05, 4.69) is 4.90 Å². The Morgan fingerprint density at radius 1 is 1.33 bits per heavy atom. The highest BCUT2D eigenvalue weighted by Gasteiger charge is 2.22. The van der Waals surface area contributed by atoms with Gasteiger partial charge in [-0.2, -0.15) is 0 Å². The number of nitrogens with zero attached hydrogens (tertiary/aromatic N) is 2. The van der Waals surface area contributed by atoms with Crippen LogP contribution in [0.1, 0.15) is 30.1 Å². The number of hydrogen-bond donors (Lipinski definition) is 0. The highest BCUT2D eigenvalue weighted by molar-refractivity contribution is 5.91. The Hall–Kier alpha value is -1.94. The van der Waals surface area contributed by atoms with Crippen LogP contribution in [-0.2, 0) is 4.74 Å². The van der Waals surface area contributed by atoms with Gasteiger partial charge in [0.25, 0.3) is 0 Å². The molecule has 1 aliphatic rings. The van der Waals surface area contributed by atoms with Crippen LogP contribution in [-0.4, -0.2) is 37.1 Å². The van der Waals surface area contributed by atoms with Gasteiger partial charge in [0, 0.05) is 25.1 Å². The van der Waals surface area contributed by atoms with Crippen molar-refractivity contribution in [3.05, 3.63) is 35.9 Å². The topological polar surface area (TPSA) is 42.4 Å². The number of aldehydes is 1. The molecule has 0 amide bonds. The number of aromatic nitrogens is 1. The molecule has 0 radical (unpaired) electrons. The van der Waals surface area contributed by atoms with E-state index in [1.807, 2.05) is 37.3 Å². The molecule has 1 saturated heterocycles. The van der Waals surface area contributed by atoms with Gasteiger partial charge in [0.15, 0.2) is 6.29 Å². The number of benzene rings is 1. The first-order chi connectivity index (χ1) is 10.3. The third kappa shape index (κ3) is 2.90. The van der Waals surface area contributed by atoms with Crippen LogP contribution >= 0.6 is 0 Å². The van der Waals surface area contributed by atoms with Crippen molar-refractivity contribution in [2.45, 2.75) is 25.9 Å². The number of para-hydroxylation sites is 1. The van der Waals surface area contributed by atoms with Gasteiger partial charge in [0.2, 0.25) is 0 Å². The van der Waals surface area contributed by atoms with E-state index < -0.39 is 0 Å². The van der Waals surface area contributed by atoms with Crippen molar-refractivity contribution in [3.8, 4) is 0 Å². The van der Waals surface area contributed by atoms with Gasteiger partial charge >= 0.3 is 0 Å². The van der Waals surface area contributed by atoms with E-state index >= 15 is 0 Å². The molecule has 1 aromatic carbocycles. The zero-order valence-electron chi connectivity index (χ0n) is 12.3. The SMILES string of the molecule is CCOC1CCN(c2nc3ccccc3cc2C=O)CC1. The average molecular weight is 284 g/mol. The number of ether oxygens (including phenoxy) is 1. The van der Waals surface area contributed by atoms with Crippen molar-refractivity contribution in [1.29, 1.82) is 0 Å². The molecular formula is C17H20N2O2. The fraction of sp³-hybridized carbons (Fsp3) is 0.412. The lowest BCUT2D eigenvalue weighted by Gasteiger charge is -2.33. The zero-order chi connectivity index (χ0) is 14.7. The monoisotopic (exact) mass is 284 g/mol. The Balaban J connectivity index is 1.88. The first-order valence-corrected chi connectivity index (χ1v) is 7.53. The third-order valence-electron chi connectivity index (χ3n) is 4.00. The molecule has 0 saturated carbocycles. The molecule has 3 rings (SSSR count). The minimum Gasteiger partial charge on any atom is -0.378 e. The normalized spacial score (nSPS) is 16.3. The molecule has 4 nitrogen and oxygen atoms in total. The number of carbonyl (C=O) groups excluding carboxylic acids is 1. The van der Waals surface area contributed by atoms with Crippen molar-refractivity contribution in [3.63, 3.8) is 0 Å². The summed E-state index contributed by atoms with van der Waals surface area (Å²) >= 11 is 0. The van der Waals surface area contributed by atoms with Crippen molar-refractivity contribution in [2.24, 2.45) is 0 Å². The first kappa shape index (κ1) is 14.0. The molecule has 0 aliphatic carbocycles. The summed E-state index contributed by atoms with van der Waals surface area (Å²) in [7, 11) is 0. The smallest absolute Gasteiger partial charge is 0.153 e. The van der Waals surface area contributed by atoms with E-state index in [1.54, 1.807) is 0 Å². The summed E-state index contributed by atoms with van der Waals surface area (Å²) in [4.78, 5) is 18.3. The van der Waals surface area contributed by atoms with Crippen molar-refractivity contribution >= 4 is 23.0 Å². The van der Waals surface area contributed by atoms with Gasteiger partial charge < -0.3 is 9.64 Å². The summed E-state index contributed by atoms with van der Waals surface area (Å²) in [6.45, 7) is 4.56. The van der Waals surface area contributed by atoms with Gasteiger partial charge in [-0.3, -0.25) is 4.79 Å². The summed E-state index contributed by atoms with van der Waals surface area (Å²) in [5, 5.41) is 1.01. The fourth-order valence-electron chi connectivity index (χ4n) is 2.93. The van der Waals surface area contributed by atoms with Gasteiger partial charge in [0.05, 0.1) is 17.2 Å². The summed E-state index contributed by atoms with van der Waals surface area (Å²) in [5.41, 5.74) is 1.61. The van der Waals surface area contributed by atoms with Crippen LogP contribution in [0.15, 0.2) is 30.3 Å². The highest BCUT2D eigenvalue weighted by Crippen LogP contribution is 2.25. The maximum atomic E-state index is 11.4. The number of pyridine rings is 1. The molecule has 1 aliphatic heterocycles. The summed E-state index contributed by atoms with van der Waals surface area (Å²) in [6.07, 6.45) is 3.22. The van der Waals surface area contributed by atoms with Crippen LogP contribution in [0.3, 0.4) is 0 Å². The third-order valence-corrected chi connectivity index (χ3v) is 4.00. The molecule has 21 heavy (non-hydrogen) atoms. The summed E-state index contributed by atoms with van der Waals surface area (Å²) in [5.74, 6) is 0.804. The van der Waals surface area contributed by atoms with Crippen LogP contribution in [0.2, 0.25) is 0 Å². The van der Waals surface area contributed by atoms with Crippen LogP contribution in [0.4, 0.5) is 5.82 Å². The lowest BCUT2D eigenvalue weighted by molar-refractivity contribution is 0.0458. The van der Waals surface area contributed by atoms with E-state index in [9.17, 15) is 4.79 Å². The second kappa shape index (κ2) is 6.22. The summed E-state index contributed by atoms with van der Waals surface area (Å²) in [6, 6.07) is 9.84. The van der Waals surface area contributed by atoms with Gasteiger partial charge in [-0.25, -0.2) is 4.98 Å². The van der Waals surface area contributed by atoms with Gasteiger partial charge in [-0.05, 0) is 31.9 Å². The predicted octanol–water partition coefficient (Wildman–Crippen LogP) is 3.05. The lowest BCUT2D eigenvalue weighted by Crippen LogP contribution is -2.38. The maximum Gasteiger partial charge on any atom is 0.153 e. The molecule has 0 unspecified atom stereocenters. The molecule has 2 heterocycles. The molecule has 4 heteroatoms. The first-order valence-electron chi connectivity index (χ1n) is 7.53. The molecule has 0 atom stereocenters. The Kier molecular flexibility index (Phi) is 4.15. The van der Waals surface area contributed by atoms with Gasteiger partial charge in [-0.1, -0.05) is 18.2 Å². The molecular weight excluding hydrogens is 264 g/mol. The molecule has 1 fully saturated rings. The lowest BCUT2D eigenvalue weighted by atomic mass is 10.1. The van der Waals surface area contributed by atoms with E-state index in [1.165, 1.54) is 0 Å². The Bertz CT molecular complexity index is 634. The van der Waals surface area contributed by atoms with E-state index in [0.717, 1.165) is 55.5 Å². The number of piperidine rings is 1. The van der Waals surface area contributed by atoms with Crippen LogP contribution < -0.4 is 4.90 Å². The van der Waals surface area contributed by atoms with E-state index in [4.69, 9.17) is 9.72 Å². The minimum atomic E-state index is 0.339. The number of anilines is 1. The second-order valence-electron chi connectivity index (χ2n) is 5.35. The maximum absolute atomic E-state index is 11.4. The van der Waals surface area contributed by atoms with Crippen LogP contribution in [0.25, 0.3) is 10.9 Å².